The highest BCUT2D eigenvalue weighted by atomic mass is 16.4. The molecule has 0 saturated carbocycles. The standard InChI is InChI=1S/C14H14N4O3/c1-18(14(21)17-12-6-15-9-16-7-12)8-10-2-4-11(5-3-10)13(19)20/h2-7,9H,8H2,1H3,(H,17,21)(H,19,20). The number of aromatic carboxylic acids is 1. The van der Waals surface area contributed by atoms with E-state index >= 15 is 0 Å². The van der Waals surface area contributed by atoms with Gasteiger partial charge in [0.15, 0.2) is 0 Å². The number of carboxylic acids is 1. The summed E-state index contributed by atoms with van der Waals surface area (Å²) in [6, 6.07) is 6.08. The van der Waals surface area contributed by atoms with Gasteiger partial charge in [0.05, 0.1) is 23.6 Å². The average Bonchev–Trinajstić information content (AvgIpc) is 2.48. The number of carbonyl (C=O) groups excluding carboxylic acids is 1. The summed E-state index contributed by atoms with van der Waals surface area (Å²) in [5, 5.41) is 11.5. The Kier molecular flexibility index (Phi) is 4.45. The Morgan fingerprint density at radius 2 is 1.81 bits per heavy atom. The van der Waals surface area contributed by atoms with Gasteiger partial charge in [-0.3, -0.25) is 0 Å². The molecule has 0 bridgehead atoms. The van der Waals surface area contributed by atoms with E-state index in [0.717, 1.165) is 5.56 Å². The molecule has 7 nitrogen and oxygen atoms in total. The lowest BCUT2D eigenvalue weighted by Crippen LogP contribution is -2.30. The van der Waals surface area contributed by atoms with Crippen LogP contribution in [0.5, 0.6) is 0 Å². The van der Waals surface area contributed by atoms with Crippen molar-refractivity contribution in [3.05, 3.63) is 54.1 Å². The van der Waals surface area contributed by atoms with Gasteiger partial charge in [-0.2, -0.15) is 0 Å². The average molecular weight is 286 g/mol. The maximum Gasteiger partial charge on any atom is 0.335 e. The van der Waals surface area contributed by atoms with Crippen molar-refractivity contribution in [1.82, 2.24) is 14.9 Å². The maximum absolute atomic E-state index is 12.0. The minimum atomic E-state index is -0.975. The fourth-order valence-corrected chi connectivity index (χ4v) is 1.68. The summed E-state index contributed by atoms with van der Waals surface area (Å²) in [6.45, 7) is 0.361. The maximum atomic E-state index is 12.0. The number of nitrogens with zero attached hydrogens (tertiary/aromatic N) is 3. The molecule has 0 radical (unpaired) electrons. The Morgan fingerprint density at radius 1 is 1.19 bits per heavy atom. The van der Waals surface area contributed by atoms with E-state index in [9.17, 15) is 9.59 Å². The second kappa shape index (κ2) is 6.47. The van der Waals surface area contributed by atoms with Gasteiger partial charge in [0.2, 0.25) is 0 Å². The van der Waals surface area contributed by atoms with Gasteiger partial charge >= 0.3 is 12.0 Å². The Morgan fingerprint density at radius 3 is 2.38 bits per heavy atom. The van der Waals surface area contributed by atoms with Gasteiger partial charge in [0.25, 0.3) is 0 Å². The number of anilines is 1. The van der Waals surface area contributed by atoms with Crippen molar-refractivity contribution in [3.63, 3.8) is 0 Å². The third kappa shape index (κ3) is 4.00. The molecule has 21 heavy (non-hydrogen) atoms. The van der Waals surface area contributed by atoms with Crippen LogP contribution in [0, 0.1) is 0 Å². The molecule has 1 heterocycles. The zero-order valence-electron chi connectivity index (χ0n) is 11.4. The number of nitrogens with one attached hydrogen (secondary N) is 1. The van der Waals surface area contributed by atoms with Crippen LogP contribution in [0.2, 0.25) is 0 Å². The van der Waals surface area contributed by atoms with E-state index < -0.39 is 5.97 Å². The quantitative estimate of drug-likeness (QED) is 0.894. The normalized spacial score (nSPS) is 9.95. The number of aromatic nitrogens is 2. The summed E-state index contributed by atoms with van der Waals surface area (Å²) in [5.74, 6) is -0.975. The number of hydrogen-bond donors (Lipinski definition) is 2. The summed E-state index contributed by atoms with van der Waals surface area (Å²) in [6.07, 6.45) is 4.38. The molecule has 0 aliphatic rings. The van der Waals surface area contributed by atoms with Crippen LogP contribution in [-0.2, 0) is 6.54 Å². The van der Waals surface area contributed by atoms with Crippen molar-refractivity contribution < 1.29 is 14.7 Å². The fraction of sp³-hybridized carbons (Fsp3) is 0.143. The van der Waals surface area contributed by atoms with Crippen molar-refractivity contribution in [3.8, 4) is 0 Å². The predicted molar refractivity (Wildman–Crippen MR) is 75.9 cm³/mol. The number of benzene rings is 1. The summed E-state index contributed by atoms with van der Waals surface area (Å²) < 4.78 is 0. The highest BCUT2D eigenvalue weighted by Gasteiger charge is 2.10. The molecule has 108 valence electrons. The topological polar surface area (TPSA) is 95.4 Å². The molecule has 1 aromatic heterocycles. The van der Waals surface area contributed by atoms with Crippen molar-refractivity contribution in [1.29, 1.82) is 0 Å². The molecule has 0 aliphatic heterocycles. The molecule has 0 fully saturated rings. The molecule has 0 aliphatic carbocycles. The van der Waals surface area contributed by atoms with Crippen LogP contribution in [0.1, 0.15) is 15.9 Å². The molecule has 1 aromatic carbocycles. The summed E-state index contributed by atoms with van der Waals surface area (Å²) in [4.78, 5) is 31.8. The Labute approximate surface area is 121 Å². The van der Waals surface area contributed by atoms with Crippen molar-refractivity contribution in [2.45, 2.75) is 6.54 Å². The summed E-state index contributed by atoms with van der Waals surface area (Å²) in [7, 11) is 1.64. The highest BCUT2D eigenvalue weighted by molar-refractivity contribution is 5.89. The fourth-order valence-electron chi connectivity index (χ4n) is 1.68. The van der Waals surface area contributed by atoms with E-state index in [0.29, 0.717) is 12.2 Å². The van der Waals surface area contributed by atoms with E-state index in [2.05, 4.69) is 15.3 Å². The molecule has 2 aromatic rings. The highest BCUT2D eigenvalue weighted by Crippen LogP contribution is 2.08. The molecule has 2 amide bonds. The van der Waals surface area contributed by atoms with Gasteiger partial charge in [-0.1, -0.05) is 12.1 Å². The number of hydrogen-bond acceptors (Lipinski definition) is 4. The molecule has 0 spiro atoms. The minimum absolute atomic E-state index is 0.215. The zero-order valence-corrected chi connectivity index (χ0v) is 11.4. The van der Waals surface area contributed by atoms with Gasteiger partial charge in [-0.15, -0.1) is 0 Å². The van der Waals surface area contributed by atoms with Crippen molar-refractivity contribution >= 4 is 17.7 Å². The zero-order chi connectivity index (χ0) is 15.2. The van der Waals surface area contributed by atoms with E-state index in [1.165, 1.54) is 35.8 Å². The number of rotatable bonds is 4. The van der Waals surface area contributed by atoms with Crippen molar-refractivity contribution in [2.24, 2.45) is 0 Å². The molecule has 0 unspecified atom stereocenters. The monoisotopic (exact) mass is 286 g/mol. The molecule has 0 atom stereocenters. The van der Waals surface area contributed by atoms with Gasteiger partial charge in [0, 0.05) is 13.6 Å². The van der Waals surface area contributed by atoms with Gasteiger partial charge < -0.3 is 15.3 Å². The van der Waals surface area contributed by atoms with Crippen LogP contribution in [0.3, 0.4) is 0 Å². The SMILES string of the molecule is CN(Cc1ccc(C(=O)O)cc1)C(=O)Nc1cncnc1. The lowest BCUT2D eigenvalue weighted by atomic mass is 10.1. The first-order chi connectivity index (χ1) is 10.1. The molecular formula is C14H14N4O3. The third-order valence-electron chi connectivity index (χ3n) is 2.78. The molecule has 0 saturated heterocycles. The Bertz CT molecular complexity index is 628. The lowest BCUT2D eigenvalue weighted by molar-refractivity contribution is 0.0697. The number of carbonyl (C=O) groups is 2. The van der Waals surface area contributed by atoms with Crippen LogP contribution >= 0.6 is 0 Å². The number of carboxylic acid groups (broad SMARTS) is 1. The first-order valence-electron chi connectivity index (χ1n) is 6.15. The second-order valence-corrected chi connectivity index (χ2v) is 4.42. The van der Waals surface area contributed by atoms with Gasteiger partial charge in [0.1, 0.15) is 6.33 Å². The van der Waals surface area contributed by atoms with E-state index in [1.54, 1.807) is 19.2 Å². The summed E-state index contributed by atoms with van der Waals surface area (Å²) >= 11 is 0. The largest absolute Gasteiger partial charge is 0.478 e. The van der Waals surface area contributed by atoms with Gasteiger partial charge in [-0.05, 0) is 17.7 Å². The Balaban J connectivity index is 1.95. The third-order valence-corrected chi connectivity index (χ3v) is 2.78. The first kappa shape index (κ1) is 14.4. The Hall–Kier alpha value is -2.96. The number of amides is 2. The molecular weight excluding hydrogens is 272 g/mol. The first-order valence-corrected chi connectivity index (χ1v) is 6.15. The minimum Gasteiger partial charge on any atom is -0.478 e. The second-order valence-electron chi connectivity index (χ2n) is 4.42. The van der Waals surface area contributed by atoms with Crippen LogP contribution < -0.4 is 5.32 Å². The van der Waals surface area contributed by atoms with Crippen LogP contribution in [0.15, 0.2) is 43.0 Å². The molecule has 7 heteroatoms. The van der Waals surface area contributed by atoms with Crippen LogP contribution in [0.4, 0.5) is 10.5 Å². The van der Waals surface area contributed by atoms with Crippen LogP contribution in [-0.4, -0.2) is 39.0 Å². The van der Waals surface area contributed by atoms with Crippen molar-refractivity contribution in [2.75, 3.05) is 12.4 Å². The van der Waals surface area contributed by atoms with E-state index in [1.807, 2.05) is 0 Å². The summed E-state index contributed by atoms with van der Waals surface area (Å²) in [5.41, 5.74) is 1.56. The molecule has 2 rings (SSSR count). The van der Waals surface area contributed by atoms with Gasteiger partial charge in [-0.25, -0.2) is 19.6 Å². The van der Waals surface area contributed by atoms with Crippen LogP contribution in [0.25, 0.3) is 0 Å². The van der Waals surface area contributed by atoms with E-state index in [-0.39, 0.29) is 11.6 Å². The lowest BCUT2D eigenvalue weighted by Gasteiger charge is -2.17. The predicted octanol–water partition coefficient (Wildman–Crippen LogP) is 1.84. The number of urea groups is 1. The van der Waals surface area contributed by atoms with E-state index in [4.69, 9.17) is 5.11 Å². The molecule has 2 N–H and O–H groups in total. The smallest absolute Gasteiger partial charge is 0.335 e.